The quantitative estimate of drug-likeness (QED) is 0.679. The molecule has 146 valence electrons. The number of pyridine rings is 2. The van der Waals surface area contributed by atoms with E-state index in [9.17, 15) is 9.18 Å². The van der Waals surface area contributed by atoms with Gasteiger partial charge in [0, 0.05) is 50.2 Å². The van der Waals surface area contributed by atoms with Gasteiger partial charge in [-0.1, -0.05) is 6.92 Å². The van der Waals surface area contributed by atoms with Crippen LogP contribution in [0.25, 0.3) is 11.0 Å². The maximum absolute atomic E-state index is 14.1. The molecule has 7 heteroatoms. The van der Waals surface area contributed by atoms with Gasteiger partial charge in [0.15, 0.2) is 0 Å². The summed E-state index contributed by atoms with van der Waals surface area (Å²) in [6.45, 7) is 5.86. The van der Waals surface area contributed by atoms with Crippen molar-refractivity contribution in [3.8, 4) is 0 Å². The third-order valence-electron chi connectivity index (χ3n) is 5.30. The molecule has 0 radical (unpaired) electrons. The molecule has 3 heterocycles. The van der Waals surface area contributed by atoms with Crippen LogP contribution in [0, 0.1) is 5.82 Å². The van der Waals surface area contributed by atoms with E-state index in [0.29, 0.717) is 17.8 Å². The molecular weight excluding hydrogens is 357 g/mol. The standard InChI is InChI=1S/C21H24FN5O/c1-2-15-10-18-19(25-21(15)28)9-14(12-24-18)13-26-5-7-27(8-6-26)20-4-3-16(23)11-17(20)22/h3-4,9-12H,2,5-8,13,23H2,1H3,(H,25,28). The molecule has 1 aromatic carbocycles. The summed E-state index contributed by atoms with van der Waals surface area (Å²) < 4.78 is 14.1. The van der Waals surface area contributed by atoms with E-state index in [4.69, 9.17) is 5.73 Å². The van der Waals surface area contributed by atoms with Gasteiger partial charge in [-0.05, 0) is 42.3 Å². The van der Waals surface area contributed by atoms with E-state index in [1.165, 1.54) is 6.07 Å². The number of nitrogens with zero attached hydrogens (tertiary/aromatic N) is 3. The Morgan fingerprint density at radius 3 is 2.68 bits per heavy atom. The van der Waals surface area contributed by atoms with Crippen LogP contribution in [0.15, 0.2) is 41.3 Å². The second-order valence-electron chi connectivity index (χ2n) is 7.23. The van der Waals surface area contributed by atoms with Gasteiger partial charge in [-0.2, -0.15) is 0 Å². The smallest absolute Gasteiger partial charge is 0.251 e. The Kier molecular flexibility index (Phi) is 5.00. The number of piperazine rings is 1. The molecule has 3 aromatic rings. The Labute approximate surface area is 162 Å². The fourth-order valence-corrected chi connectivity index (χ4v) is 3.70. The second kappa shape index (κ2) is 7.59. The normalized spacial score (nSPS) is 15.3. The SMILES string of the molecule is CCc1cc2ncc(CN3CCN(c4ccc(N)cc4F)CC3)cc2[nH]c1=O. The van der Waals surface area contributed by atoms with Gasteiger partial charge in [0.1, 0.15) is 5.82 Å². The van der Waals surface area contributed by atoms with Crippen molar-refractivity contribution in [2.75, 3.05) is 36.8 Å². The van der Waals surface area contributed by atoms with Crippen LogP contribution in [0.4, 0.5) is 15.8 Å². The summed E-state index contributed by atoms with van der Waals surface area (Å²) in [6, 6.07) is 8.70. The molecule has 3 N–H and O–H groups in total. The number of hydrogen-bond donors (Lipinski definition) is 2. The first kappa shape index (κ1) is 18.4. The summed E-state index contributed by atoms with van der Waals surface area (Å²) in [5.74, 6) is -0.275. The van der Waals surface area contributed by atoms with E-state index >= 15 is 0 Å². The zero-order valence-corrected chi connectivity index (χ0v) is 15.9. The van der Waals surface area contributed by atoms with Crippen molar-refractivity contribution < 1.29 is 4.39 Å². The van der Waals surface area contributed by atoms with Crippen LogP contribution in [-0.4, -0.2) is 41.0 Å². The van der Waals surface area contributed by atoms with Gasteiger partial charge in [-0.15, -0.1) is 0 Å². The summed E-state index contributed by atoms with van der Waals surface area (Å²) in [5.41, 5.74) is 10.0. The van der Waals surface area contributed by atoms with Gasteiger partial charge in [-0.25, -0.2) is 4.39 Å². The van der Waals surface area contributed by atoms with Gasteiger partial charge in [0.2, 0.25) is 0 Å². The molecular formula is C21H24FN5O. The number of benzene rings is 1. The van der Waals surface area contributed by atoms with Gasteiger partial charge in [0.25, 0.3) is 5.56 Å². The largest absolute Gasteiger partial charge is 0.399 e. The molecule has 28 heavy (non-hydrogen) atoms. The van der Waals surface area contributed by atoms with Crippen molar-refractivity contribution in [1.82, 2.24) is 14.9 Å². The van der Waals surface area contributed by atoms with E-state index in [1.807, 2.05) is 30.2 Å². The van der Waals surface area contributed by atoms with Crippen molar-refractivity contribution >= 4 is 22.4 Å². The van der Waals surface area contributed by atoms with Crippen molar-refractivity contribution in [2.45, 2.75) is 19.9 Å². The number of fused-ring (bicyclic) bond motifs is 1. The number of hydrogen-bond acceptors (Lipinski definition) is 5. The molecule has 6 nitrogen and oxygen atoms in total. The number of anilines is 2. The predicted molar refractivity (Wildman–Crippen MR) is 110 cm³/mol. The van der Waals surface area contributed by atoms with Gasteiger partial charge in [0.05, 0.1) is 16.7 Å². The number of halogens is 1. The fraction of sp³-hybridized carbons (Fsp3) is 0.333. The van der Waals surface area contributed by atoms with Gasteiger partial charge in [-0.3, -0.25) is 14.7 Å². The first-order valence-corrected chi connectivity index (χ1v) is 9.56. The second-order valence-corrected chi connectivity index (χ2v) is 7.23. The third-order valence-corrected chi connectivity index (χ3v) is 5.30. The Balaban J connectivity index is 1.44. The number of aryl methyl sites for hydroxylation is 1. The molecule has 0 atom stereocenters. The Morgan fingerprint density at radius 2 is 1.96 bits per heavy atom. The fourth-order valence-electron chi connectivity index (χ4n) is 3.70. The summed E-state index contributed by atoms with van der Waals surface area (Å²) >= 11 is 0. The minimum atomic E-state index is -0.275. The number of nitrogen functional groups attached to an aromatic ring is 1. The highest BCUT2D eigenvalue weighted by Gasteiger charge is 2.20. The van der Waals surface area contributed by atoms with Crippen LogP contribution in [0.2, 0.25) is 0 Å². The number of H-pyrrole nitrogens is 1. The summed E-state index contributed by atoms with van der Waals surface area (Å²) in [6.07, 6.45) is 2.56. The summed E-state index contributed by atoms with van der Waals surface area (Å²) in [4.78, 5) is 23.8. The lowest BCUT2D eigenvalue weighted by molar-refractivity contribution is 0.249. The zero-order valence-electron chi connectivity index (χ0n) is 15.9. The molecule has 2 aromatic heterocycles. The van der Waals surface area contributed by atoms with E-state index in [1.54, 1.807) is 12.1 Å². The van der Waals surface area contributed by atoms with Crippen LogP contribution in [0.5, 0.6) is 0 Å². The molecule has 0 spiro atoms. The van der Waals surface area contributed by atoms with E-state index < -0.39 is 0 Å². The molecule has 0 amide bonds. The third kappa shape index (κ3) is 3.71. The zero-order chi connectivity index (χ0) is 19.7. The highest BCUT2D eigenvalue weighted by Crippen LogP contribution is 2.23. The molecule has 0 saturated carbocycles. The lowest BCUT2D eigenvalue weighted by atomic mass is 10.1. The number of aromatic nitrogens is 2. The summed E-state index contributed by atoms with van der Waals surface area (Å²) in [7, 11) is 0. The van der Waals surface area contributed by atoms with E-state index in [0.717, 1.165) is 54.9 Å². The maximum Gasteiger partial charge on any atom is 0.251 e. The first-order chi connectivity index (χ1) is 13.5. The van der Waals surface area contributed by atoms with Crippen LogP contribution in [0.1, 0.15) is 18.1 Å². The van der Waals surface area contributed by atoms with Gasteiger partial charge >= 0.3 is 0 Å². The molecule has 1 fully saturated rings. The predicted octanol–water partition coefficient (Wildman–Crippen LogP) is 2.53. The highest BCUT2D eigenvalue weighted by atomic mass is 19.1. The molecule has 1 saturated heterocycles. The highest BCUT2D eigenvalue weighted by molar-refractivity contribution is 5.74. The lowest BCUT2D eigenvalue weighted by Gasteiger charge is -2.36. The van der Waals surface area contributed by atoms with E-state index in [2.05, 4.69) is 14.9 Å². The van der Waals surface area contributed by atoms with Gasteiger partial charge < -0.3 is 15.6 Å². The van der Waals surface area contributed by atoms with Crippen LogP contribution < -0.4 is 16.2 Å². The average Bonchev–Trinajstić information content (AvgIpc) is 2.68. The van der Waals surface area contributed by atoms with Crippen LogP contribution >= 0.6 is 0 Å². The number of nitrogens with two attached hydrogens (primary N) is 1. The first-order valence-electron chi connectivity index (χ1n) is 9.56. The lowest BCUT2D eigenvalue weighted by Crippen LogP contribution is -2.46. The topological polar surface area (TPSA) is 78.2 Å². The molecule has 4 rings (SSSR count). The monoisotopic (exact) mass is 381 g/mol. The Bertz CT molecular complexity index is 1060. The Morgan fingerprint density at radius 1 is 1.18 bits per heavy atom. The van der Waals surface area contributed by atoms with Crippen molar-refractivity contribution in [1.29, 1.82) is 0 Å². The maximum atomic E-state index is 14.1. The van der Waals surface area contributed by atoms with Crippen LogP contribution in [-0.2, 0) is 13.0 Å². The van der Waals surface area contributed by atoms with E-state index in [-0.39, 0.29) is 11.4 Å². The summed E-state index contributed by atoms with van der Waals surface area (Å²) in [5, 5.41) is 0. The molecule has 0 bridgehead atoms. The minimum Gasteiger partial charge on any atom is -0.399 e. The average molecular weight is 381 g/mol. The molecule has 0 unspecified atom stereocenters. The molecule has 1 aliphatic rings. The number of rotatable bonds is 4. The molecule has 0 aliphatic carbocycles. The Hall–Kier alpha value is -2.93. The van der Waals surface area contributed by atoms with Crippen molar-refractivity contribution in [3.05, 3.63) is 63.8 Å². The molecule has 1 aliphatic heterocycles. The number of nitrogens with one attached hydrogen (secondary N) is 1. The minimum absolute atomic E-state index is 0.0481. The number of aromatic amines is 1. The van der Waals surface area contributed by atoms with Crippen molar-refractivity contribution in [3.63, 3.8) is 0 Å². The van der Waals surface area contributed by atoms with Crippen molar-refractivity contribution in [2.24, 2.45) is 0 Å². The van der Waals surface area contributed by atoms with Crippen LogP contribution in [0.3, 0.4) is 0 Å².